The Bertz CT molecular complexity index is 882. The number of hydrogen-bond donors (Lipinski definition) is 1. The number of ether oxygens (including phenoxy) is 1. The van der Waals surface area contributed by atoms with Gasteiger partial charge in [-0.2, -0.15) is 0 Å². The molecule has 0 aliphatic carbocycles. The topological polar surface area (TPSA) is 75.7 Å². The Labute approximate surface area is 157 Å². The van der Waals surface area contributed by atoms with Gasteiger partial charge in [-0.15, -0.1) is 0 Å². The number of methoxy groups -OCH3 is 1. The Kier molecular flexibility index (Phi) is 5.50. The Morgan fingerprint density at radius 1 is 1.15 bits per heavy atom. The standard InChI is InChI=1S/C18H19ClN2O4S/c1-25-16-8-6-15(7-9-16)21-11-10-17(18(21)22)20-26(23,24)12-13-2-4-14(19)5-3-13/h2-9,17,20H,10-12H2,1H3/t17-/m1/s1. The average Bonchev–Trinajstić information content (AvgIpc) is 2.97. The average molecular weight is 395 g/mol. The first-order chi connectivity index (χ1) is 12.4. The molecule has 1 fully saturated rings. The lowest BCUT2D eigenvalue weighted by Gasteiger charge is -2.17. The molecule has 0 bridgehead atoms. The Morgan fingerprint density at radius 3 is 2.42 bits per heavy atom. The number of halogens is 1. The summed E-state index contributed by atoms with van der Waals surface area (Å²) in [5.41, 5.74) is 1.33. The number of anilines is 1. The maximum atomic E-state index is 12.6. The highest BCUT2D eigenvalue weighted by Crippen LogP contribution is 2.24. The number of carbonyl (C=O) groups is 1. The molecule has 1 aliphatic rings. The minimum Gasteiger partial charge on any atom is -0.497 e. The molecule has 1 N–H and O–H groups in total. The molecule has 2 aromatic carbocycles. The Balaban J connectivity index is 1.66. The van der Waals surface area contributed by atoms with E-state index in [1.807, 2.05) is 0 Å². The first kappa shape index (κ1) is 18.7. The van der Waals surface area contributed by atoms with Crippen LogP contribution in [0.3, 0.4) is 0 Å². The number of benzene rings is 2. The SMILES string of the molecule is COc1ccc(N2CC[C@@H](NS(=O)(=O)Cc3ccc(Cl)cc3)C2=O)cc1. The van der Waals surface area contributed by atoms with E-state index in [-0.39, 0.29) is 11.7 Å². The summed E-state index contributed by atoms with van der Waals surface area (Å²) in [7, 11) is -2.07. The van der Waals surface area contributed by atoms with Crippen LogP contribution in [-0.4, -0.2) is 34.0 Å². The smallest absolute Gasteiger partial charge is 0.245 e. The van der Waals surface area contributed by atoms with Gasteiger partial charge in [-0.05, 0) is 48.4 Å². The number of hydrogen-bond acceptors (Lipinski definition) is 4. The third-order valence-electron chi connectivity index (χ3n) is 4.18. The quantitative estimate of drug-likeness (QED) is 0.817. The predicted octanol–water partition coefficient (Wildman–Crippen LogP) is 2.57. The number of carbonyl (C=O) groups excluding carboxylic acids is 1. The Hall–Kier alpha value is -2.09. The zero-order valence-corrected chi connectivity index (χ0v) is 15.8. The van der Waals surface area contributed by atoms with Crippen molar-refractivity contribution in [3.05, 3.63) is 59.1 Å². The third kappa shape index (κ3) is 4.35. The highest BCUT2D eigenvalue weighted by Gasteiger charge is 2.35. The summed E-state index contributed by atoms with van der Waals surface area (Å²) >= 11 is 5.81. The lowest BCUT2D eigenvalue weighted by Crippen LogP contribution is -2.41. The van der Waals surface area contributed by atoms with Crippen LogP contribution in [-0.2, 0) is 20.6 Å². The van der Waals surface area contributed by atoms with Gasteiger partial charge >= 0.3 is 0 Å². The maximum Gasteiger partial charge on any atom is 0.245 e. The van der Waals surface area contributed by atoms with Gasteiger partial charge in [-0.1, -0.05) is 23.7 Å². The molecule has 0 unspecified atom stereocenters. The molecule has 1 saturated heterocycles. The fourth-order valence-electron chi connectivity index (χ4n) is 2.87. The number of amides is 1. The van der Waals surface area contributed by atoms with Crippen LogP contribution in [0.4, 0.5) is 5.69 Å². The molecule has 0 spiro atoms. The number of rotatable bonds is 6. The second kappa shape index (κ2) is 7.65. The first-order valence-electron chi connectivity index (χ1n) is 8.08. The van der Waals surface area contributed by atoms with E-state index in [4.69, 9.17) is 16.3 Å². The van der Waals surface area contributed by atoms with E-state index in [0.29, 0.717) is 29.3 Å². The van der Waals surface area contributed by atoms with Crippen molar-refractivity contribution in [1.29, 1.82) is 0 Å². The highest BCUT2D eigenvalue weighted by molar-refractivity contribution is 7.88. The Morgan fingerprint density at radius 2 is 1.81 bits per heavy atom. The van der Waals surface area contributed by atoms with E-state index < -0.39 is 16.1 Å². The zero-order valence-electron chi connectivity index (χ0n) is 14.2. The van der Waals surface area contributed by atoms with Crippen molar-refractivity contribution >= 4 is 33.2 Å². The lowest BCUT2D eigenvalue weighted by molar-refractivity contribution is -0.118. The van der Waals surface area contributed by atoms with Gasteiger partial charge in [-0.25, -0.2) is 13.1 Å². The van der Waals surface area contributed by atoms with Crippen molar-refractivity contribution in [3.63, 3.8) is 0 Å². The fourth-order valence-corrected chi connectivity index (χ4v) is 4.36. The summed E-state index contributed by atoms with van der Waals surface area (Å²) in [5.74, 6) is 0.242. The summed E-state index contributed by atoms with van der Waals surface area (Å²) in [5, 5.41) is 0.542. The zero-order chi connectivity index (χ0) is 18.7. The van der Waals surface area contributed by atoms with E-state index >= 15 is 0 Å². The molecular weight excluding hydrogens is 376 g/mol. The second-order valence-electron chi connectivity index (χ2n) is 6.03. The molecule has 138 valence electrons. The molecule has 1 aliphatic heterocycles. The molecule has 6 nitrogen and oxygen atoms in total. The molecule has 3 rings (SSSR count). The van der Waals surface area contributed by atoms with Gasteiger partial charge in [-0.3, -0.25) is 4.79 Å². The van der Waals surface area contributed by atoms with Gasteiger partial charge < -0.3 is 9.64 Å². The van der Waals surface area contributed by atoms with Crippen LogP contribution in [0, 0.1) is 0 Å². The van der Waals surface area contributed by atoms with Gasteiger partial charge in [0.25, 0.3) is 0 Å². The normalized spacial score (nSPS) is 17.5. The summed E-state index contributed by atoms with van der Waals surface area (Å²) < 4.78 is 32.4. The van der Waals surface area contributed by atoms with Crippen LogP contribution >= 0.6 is 11.6 Å². The minimum absolute atomic E-state index is 0.198. The largest absolute Gasteiger partial charge is 0.497 e. The summed E-state index contributed by atoms with van der Waals surface area (Å²) in [6.45, 7) is 0.458. The molecule has 1 atom stereocenters. The molecule has 0 saturated carbocycles. The summed E-state index contributed by atoms with van der Waals surface area (Å²) in [6, 6.07) is 12.9. The van der Waals surface area contributed by atoms with E-state index in [1.165, 1.54) is 0 Å². The number of sulfonamides is 1. The van der Waals surface area contributed by atoms with Crippen LogP contribution < -0.4 is 14.4 Å². The van der Waals surface area contributed by atoms with E-state index in [2.05, 4.69) is 4.72 Å². The van der Waals surface area contributed by atoms with Gasteiger partial charge in [0.2, 0.25) is 15.9 Å². The van der Waals surface area contributed by atoms with Crippen LogP contribution in [0.25, 0.3) is 0 Å². The van der Waals surface area contributed by atoms with Crippen molar-refractivity contribution in [2.45, 2.75) is 18.2 Å². The first-order valence-corrected chi connectivity index (χ1v) is 10.1. The van der Waals surface area contributed by atoms with Gasteiger partial charge in [0.15, 0.2) is 0 Å². The van der Waals surface area contributed by atoms with Crippen LogP contribution in [0.5, 0.6) is 5.75 Å². The van der Waals surface area contributed by atoms with Crippen LogP contribution in [0.15, 0.2) is 48.5 Å². The molecule has 2 aromatic rings. The molecular formula is C18H19ClN2O4S. The molecule has 1 amide bonds. The van der Waals surface area contributed by atoms with Crippen LogP contribution in [0.2, 0.25) is 5.02 Å². The van der Waals surface area contributed by atoms with Crippen molar-refractivity contribution in [3.8, 4) is 5.75 Å². The summed E-state index contributed by atoms with van der Waals surface area (Å²) in [6.07, 6.45) is 0.421. The van der Waals surface area contributed by atoms with E-state index in [0.717, 1.165) is 5.69 Å². The monoisotopic (exact) mass is 394 g/mol. The minimum atomic E-state index is -3.64. The lowest BCUT2D eigenvalue weighted by atomic mass is 10.2. The van der Waals surface area contributed by atoms with Gasteiger partial charge in [0.1, 0.15) is 11.8 Å². The van der Waals surface area contributed by atoms with Crippen molar-refractivity contribution in [2.24, 2.45) is 0 Å². The predicted molar refractivity (Wildman–Crippen MR) is 101 cm³/mol. The van der Waals surface area contributed by atoms with Crippen molar-refractivity contribution in [1.82, 2.24) is 4.72 Å². The third-order valence-corrected chi connectivity index (χ3v) is 5.79. The van der Waals surface area contributed by atoms with Crippen molar-refractivity contribution in [2.75, 3.05) is 18.6 Å². The maximum absolute atomic E-state index is 12.6. The fraction of sp³-hybridized carbons (Fsp3) is 0.278. The van der Waals surface area contributed by atoms with E-state index in [1.54, 1.807) is 60.5 Å². The summed E-state index contributed by atoms with van der Waals surface area (Å²) in [4.78, 5) is 14.2. The van der Waals surface area contributed by atoms with Crippen LogP contribution in [0.1, 0.15) is 12.0 Å². The number of nitrogens with one attached hydrogen (secondary N) is 1. The highest BCUT2D eigenvalue weighted by atomic mass is 35.5. The van der Waals surface area contributed by atoms with E-state index in [9.17, 15) is 13.2 Å². The second-order valence-corrected chi connectivity index (χ2v) is 8.22. The van der Waals surface area contributed by atoms with Gasteiger partial charge in [0, 0.05) is 17.3 Å². The molecule has 0 radical (unpaired) electrons. The van der Waals surface area contributed by atoms with Crippen molar-refractivity contribution < 1.29 is 17.9 Å². The number of nitrogens with zero attached hydrogens (tertiary/aromatic N) is 1. The van der Waals surface area contributed by atoms with Gasteiger partial charge in [0.05, 0.1) is 12.9 Å². The molecule has 0 aromatic heterocycles. The molecule has 8 heteroatoms. The molecule has 26 heavy (non-hydrogen) atoms. The molecule has 1 heterocycles.